The Balaban J connectivity index is 1.03. The minimum atomic E-state index is -0.408. The summed E-state index contributed by atoms with van der Waals surface area (Å²) in [7, 11) is 4.16. The minimum absolute atomic E-state index is 0.00914. The Hall–Kier alpha value is -4.37. The number of rotatable bonds is 9. The van der Waals surface area contributed by atoms with E-state index < -0.39 is 6.03 Å². The number of amides is 3. The third-order valence-corrected chi connectivity index (χ3v) is 10.6. The van der Waals surface area contributed by atoms with Gasteiger partial charge in [0.1, 0.15) is 0 Å². The van der Waals surface area contributed by atoms with Crippen molar-refractivity contribution in [1.29, 1.82) is 0 Å². The second-order valence-corrected chi connectivity index (χ2v) is 14.0. The first kappa shape index (κ1) is 34.1. The van der Waals surface area contributed by atoms with Crippen molar-refractivity contribution in [2.45, 2.75) is 68.7 Å². The van der Waals surface area contributed by atoms with Gasteiger partial charge < -0.3 is 45.2 Å². The molecule has 4 N–H and O–H groups in total. The normalized spacial score (nSPS) is 23.8. The Labute approximate surface area is 292 Å². The lowest BCUT2D eigenvalue weighted by atomic mass is 10.0. The molecule has 5 heterocycles. The van der Waals surface area contributed by atoms with E-state index in [1.807, 2.05) is 21.9 Å². The van der Waals surface area contributed by atoms with E-state index in [2.05, 4.69) is 34.5 Å². The number of piperidine rings is 1. The number of likely N-dealkylation sites (tertiary alicyclic amines) is 1. The summed E-state index contributed by atoms with van der Waals surface area (Å²) in [6, 6.07) is 14.3. The zero-order chi connectivity index (χ0) is 34.8. The number of hydrogen-bond donors (Lipinski definition) is 4. The van der Waals surface area contributed by atoms with Crippen LogP contribution in [0, 0.1) is 0 Å². The van der Waals surface area contributed by atoms with E-state index in [1.165, 1.54) is 0 Å². The van der Waals surface area contributed by atoms with Gasteiger partial charge >= 0.3 is 6.03 Å². The largest absolute Gasteiger partial charge is 0.394 e. The fraction of sp³-hybridized carbons (Fsp3) is 0.528. The predicted octanol–water partition coefficient (Wildman–Crippen LogP) is 3.04. The molecule has 1 aromatic heterocycles. The number of benzene rings is 2. The SMILES string of the molecule is CN(C)C1CCN(C(=O)c2ccc(NC(=O)Nc3ccc(-c4nc(N5C(CO)CCC5CO)nc(N5C6CCC5COC6)n4)cc3)cc2)CC1. The van der Waals surface area contributed by atoms with Gasteiger partial charge in [-0.25, -0.2) is 4.79 Å². The molecule has 7 rings (SSSR count). The van der Waals surface area contributed by atoms with E-state index in [9.17, 15) is 19.8 Å². The van der Waals surface area contributed by atoms with E-state index >= 15 is 0 Å². The molecule has 14 nitrogen and oxygen atoms in total. The van der Waals surface area contributed by atoms with Crippen molar-refractivity contribution >= 4 is 35.2 Å². The molecule has 4 atom stereocenters. The van der Waals surface area contributed by atoms with Crippen molar-refractivity contribution in [1.82, 2.24) is 24.8 Å². The number of aliphatic hydroxyl groups excluding tert-OH is 2. The van der Waals surface area contributed by atoms with Crippen LogP contribution in [0.15, 0.2) is 48.5 Å². The highest BCUT2D eigenvalue weighted by atomic mass is 16.5. The van der Waals surface area contributed by atoms with Crippen LogP contribution in [-0.4, -0.2) is 131 Å². The van der Waals surface area contributed by atoms with E-state index in [1.54, 1.807) is 36.4 Å². The number of nitrogens with zero attached hydrogens (tertiary/aromatic N) is 7. The molecule has 3 amide bonds. The Morgan fingerprint density at radius 1 is 0.760 bits per heavy atom. The van der Waals surface area contributed by atoms with Gasteiger partial charge in [0.15, 0.2) is 5.82 Å². The van der Waals surface area contributed by atoms with Crippen molar-refractivity contribution in [2.24, 2.45) is 0 Å². The van der Waals surface area contributed by atoms with Gasteiger partial charge in [-0.1, -0.05) is 0 Å². The molecule has 0 spiro atoms. The van der Waals surface area contributed by atoms with Crippen LogP contribution < -0.4 is 20.4 Å². The standard InChI is InChI=1S/C36H47N9O5/c1-42(2)27-15-17-43(18-16-27)33(48)24-5-9-26(10-6-24)38-36(49)37-25-7-3-23(4-8-25)32-39-34(44-28(19-46)11-12-29(44)20-47)41-35(40-32)45-30-13-14-31(45)22-50-21-30/h3-10,27-31,46-47H,11-22H2,1-2H3,(H2,37,38,49). The van der Waals surface area contributed by atoms with Crippen molar-refractivity contribution in [3.8, 4) is 11.4 Å². The van der Waals surface area contributed by atoms with Gasteiger partial charge in [-0.05, 0) is 101 Å². The average Bonchev–Trinajstić information content (AvgIpc) is 3.68. The van der Waals surface area contributed by atoms with Crippen LogP contribution in [-0.2, 0) is 4.74 Å². The summed E-state index contributed by atoms with van der Waals surface area (Å²) < 4.78 is 5.81. The van der Waals surface area contributed by atoms with Crippen molar-refractivity contribution < 1.29 is 24.5 Å². The Morgan fingerprint density at radius 2 is 1.30 bits per heavy atom. The number of anilines is 4. The summed E-state index contributed by atoms with van der Waals surface area (Å²) in [6.45, 7) is 2.60. The second-order valence-electron chi connectivity index (χ2n) is 14.0. The lowest BCUT2D eigenvalue weighted by Crippen LogP contribution is -2.47. The first-order valence-electron chi connectivity index (χ1n) is 17.7. The summed E-state index contributed by atoms with van der Waals surface area (Å²) in [5, 5.41) is 26.0. The number of fused-ring (bicyclic) bond motifs is 2. The van der Waals surface area contributed by atoms with Crippen LogP contribution in [0.4, 0.5) is 28.1 Å². The summed E-state index contributed by atoms with van der Waals surface area (Å²) in [6.07, 6.45) is 5.40. The predicted molar refractivity (Wildman–Crippen MR) is 191 cm³/mol. The minimum Gasteiger partial charge on any atom is -0.394 e. The molecule has 0 aliphatic carbocycles. The molecule has 2 aromatic carbocycles. The molecule has 2 bridgehead atoms. The third kappa shape index (κ3) is 7.11. The number of urea groups is 1. The molecule has 14 heteroatoms. The van der Waals surface area contributed by atoms with Gasteiger partial charge in [0.2, 0.25) is 11.9 Å². The van der Waals surface area contributed by atoms with E-state index in [4.69, 9.17) is 19.7 Å². The average molecular weight is 686 g/mol. The first-order valence-corrected chi connectivity index (χ1v) is 17.7. The molecule has 0 radical (unpaired) electrons. The van der Waals surface area contributed by atoms with E-state index in [-0.39, 0.29) is 43.3 Å². The highest BCUT2D eigenvalue weighted by Gasteiger charge is 2.41. The summed E-state index contributed by atoms with van der Waals surface area (Å²) >= 11 is 0. The van der Waals surface area contributed by atoms with Crippen LogP contribution in [0.5, 0.6) is 0 Å². The number of nitrogens with one attached hydrogen (secondary N) is 2. The fourth-order valence-electron chi connectivity index (χ4n) is 7.78. The monoisotopic (exact) mass is 685 g/mol. The molecule has 4 unspecified atom stereocenters. The molecule has 50 heavy (non-hydrogen) atoms. The Bertz CT molecular complexity index is 1620. The number of carbonyl (C=O) groups excluding carboxylic acids is 2. The van der Waals surface area contributed by atoms with Gasteiger partial charge in [0.25, 0.3) is 5.91 Å². The maximum atomic E-state index is 13.0. The number of aliphatic hydroxyl groups is 2. The highest BCUT2D eigenvalue weighted by Crippen LogP contribution is 2.36. The van der Waals surface area contributed by atoms with Crippen LogP contribution in [0.25, 0.3) is 11.4 Å². The van der Waals surface area contributed by atoms with Crippen molar-refractivity contribution in [3.05, 3.63) is 54.1 Å². The van der Waals surface area contributed by atoms with E-state index in [0.29, 0.717) is 53.9 Å². The summed E-state index contributed by atoms with van der Waals surface area (Å²) in [4.78, 5) is 48.9. The molecular formula is C36H47N9O5. The Kier molecular flexibility index (Phi) is 10.1. The lowest BCUT2D eigenvalue weighted by molar-refractivity contribution is 0.0663. The second kappa shape index (κ2) is 14.9. The van der Waals surface area contributed by atoms with Crippen LogP contribution in [0.3, 0.4) is 0 Å². The number of carbonyl (C=O) groups is 2. The number of ether oxygens (including phenoxy) is 1. The molecular weight excluding hydrogens is 638 g/mol. The first-order chi connectivity index (χ1) is 24.3. The summed E-state index contributed by atoms with van der Waals surface area (Å²) in [5.41, 5.74) is 2.51. The van der Waals surface area contributed by atoms with Crippen LogP contribution in [0.1, 0.15) is 48.9 Å². The molecule has 4 fully saturated rings. The maximum absolute atomic E-state index is 13.0. The van der Waals surface area contributed by atoms with Crippen LogP contribution >= 0.6 is 0 Å². The molecule has 4 aliphatic heterocycles. The molecule has 3 aromatic rings. The van der Waals surface area contributed by atoms with Gasteiger partial charge in [0, 0.05) is 41.6 Å². The van der Waals surface area contributed by atoms with Gasteiger partial charge in [-0.2, -0.15) is 15.0 Å². The van der Waals surface area contributed by atoms with Crippen molar-refractivity contribution in [3.63, 3.8) is 0 Å². The number of morpholine rings is 1. The van der Waals surface area contributed by atoms with Gasteiger partial charge in [0.05, 0.1) is 50.6 Å². The Morgan fingerprint density at radius 3 is 1.84 bits per heavy atom. The highest BCUT2D eigenvalue weighted by molar-refractivity contribution is 6.00. The molecule has 4 aliphatic rings. The van der Waals surface area contributed by atoms with Crippen LogP contribution in [0.2, 0.25) is 0 Å². The maximum Gasteiger partial charge on any atom is 0.323 e. The number of hydrogen-bond acceptors (Lipinski definition) is 11. The molecule has 0 saturated carbocycles. The van der Waals surface area contributed by atoms with E-state index in [0.717, 1.165) is 57.2 Å². The zero-order valence-corrected chi connectivity index (χ0v) is 28.7. The quantitative estimate of drug-likeness (QED) is 0.262. The fourth-order valence-corrected chi connectivity index (χ4v) is 7.78. The van der Waals surface area contributed by atoms with Gasteiger partial charge in [-0.15, -0.1) is 0 Å². The summed E-state index contributed by atoms with van der Waals surface area (Å²) in [5.74, 6) is 1.50. The topological polar surface area (TPSA) is 160 Å². The molecule has 4 saturated heterocycles. The smallest absolute Gasteiger partial charge is 0.323 e. The molecule has 266 valence electrons. The van der Waals surface area contributed by atoms with Crippen molar-refractivity contribution in [2.75, 3.05) is 74.0 Å². The number of aromatic nitrogens is 3. The zero-order valence-electron chi connectivity index (χ0n) is 28.7. The van der Waals surface area contributed by atoms with Gasteiger partial charge in [-0.3, -0.25) is 4.79 Å². The lowest BCUT2D eigenvalue weighted by Gasteiger charge is -2.36. The third-order valence-electron chi connectivity index (χ3n) is 10.6.